The molecule has 0 aliphatic heterocycles. The first-order valence-corrected chi connectivity index (χ1v) is 8.24. The maximum Gasteiger partial charge on any atom is 0.359 e. The van der Waals surface area contributed by atoms with Crippen LogP contribution >= 0.6 is 0 Å². The van der Waals surface area contributed by atoms with Crippen LogP contribution in [0.4, 0.5) is 0 Å². The molecule has 0 unspecified atom stereocenters. The zero-order valence-corrected chi connectivity index (χ0v) is 13.7. The van der Waals surface area contributed by atoms with Crippen LogP contribution in [0.25, 0.3) is 5.69 Å². The molecule has 0 radical (unpaired) electrons. The zero-order chi connectivity index (χ0) is 16.9. The predicted octanol–water partition coefficient (Wildman–Crippen LogP) is 2.04. The Balaban J connectivity index is 1.96. The molecule has 24 heavy (non-hydrogen) atoms. The van der Waals surface area contributed by atoms with E-state index in [1.165, 1.54) is 7.05 Å². The highest BCUT2D eigenvalue weighted by Gasteiger charge is 2.26. The van der Waals surface area contributed by atoms with Gasteiger partial charge in [0.25, 0.3) is 5.91 Å². The molecule has 1 aromatic heterocycles. The molecule has 1 amide bonds. The average Bonchev–Trinajstić information content (AvgIpc) is 2.81. The molecule has 6 nitrogen and oxygen atoms in total. The molecular weight excluding hydrogens is 306 g/mol. The first-order chi connectivity index (χ1) is 11.7. The summed E-state index contributed by atoms with van der Waals surface area (Å²) >= 11 is 0. The Morgan fingerprint density at radius 1 is 1.17 bits per heavy atom. The number of nitrogens with zero attached hydrogens (tertiary/aromatic N) is 2. The van der Waals surface area contributed by atoms with Crippen molar-refractivity contribution in [2.24, 2.45) is 0 Å². The number of amides is 1. The summed E-state index contributed by atoms with van der Waals surface area (Å²) in [6, 6.07) is 9.78. The van der Waals surface area contributed by atoms with E-state index >= 15 is 0 Å². The number of hydrogen-bond acceptors (Lipinski definition) is 4. The molecule has 0 saturated carbocycles. The highest BCUT2D eigenvalue weighted by atomic mass is 16.5. The molecule has 0 bridgehead atoms. The van der Waals surface area contributed by atoms with Crippen molar-refractivity contribution in [2.75, 3.05) is 13.7 Å². The van der Waals surface area contributed by atoms with Gasteiger partial charge in [0.15, 0.2) is 12.3 Å². The minimum Gasteiger partial charge on any atom is -0.451 e. The van der Waals surface area contributed by atoms with Crippen LogP contribution in [-0.2, 0) is 22.4 Å². The first-order valence-electron chi connectivity index (χ1n) is 8.24. The molecule has 0 spiro atoms. The fraction of sp³-hybridized carbons (Fsp3) is 0.389. The van der Waals surface area contributed by atoms with E-state index in [2.05, 4.69) is 10.4 Å². The number of esters is 1. The SMILES string of the molecule is CNC(=O)COC(=O)c1nn(-c2ccccc2)c2c1CCCCC2. The summed E-state index contributed by atoms with van der Waals surface area (Å²) in [4.78, 5) is 23.7. The Hall–Kier alpha value is -2.63. The van der Waals surface area contributed by atoms with Crippen LogP contribution in [0, 0.1) is 0 Å². The topological polar surface area (TPSA) is 73.2 Å². The quantitative estimate of drug-likeness (QED) is 0.689. The Morgan fingerprint density at radius 2 is 1.92 bits per heavy atom. The zero-order valence-electron chi connectivity index (χ0n) is 13.7. The highest BCUT2D eigenvalue weighted by Crippen LogP contribution is 2.26. The molecule has 126 valence electrons. The van der Waals surface area contributed by atoms with Crippen molar-refractivity contribution in [3.8, 4) is 5.69 Å². The van der Waals surface area contributed by atoms with Gasteiger partial charge in [-0.15, -0.1) is 0 Å². The van der Waals surface area contributed by atoms with Gasteiger partial charge < -0.3 is 10.1 Å². The monoisotopic (exact) mass is 327 g/mol. The molecule has 1 N–H and O–H groups in total. The summed E-state index contributed by atoms with van der Waals surface area (Å²) in [6.07, 6.45) is 4.95. The van der Waals surface area contributed by atoms with E-state index < -0.39 is 5.97 Å². The van der Waals surface area contributed by atoms with Crippen molar-refractivity contribution >= 4 is 11.9 Å². The van der Waals surface area contributed by atoms with Crippen LogP contribution in [-0.4, -0.2) is 35.3 Å². The number of fused-ring (bicyclic) bond motifs is 1. The minimum absolute atomic E-state index is 0.289. The van der Waals surface area contributed by atoms with Crippen LogP contribution in [0.5, 0.6) is 0 Å². The second-order valence-corrected chi connectivity index (χ2v) is 5.83. The summed E-state index contributed by atoms with van der Waals surface area (Å²) in [6.45, 7) is -0.289. The Kier molecular flexibility index (Phi) is 4.93. The van der Waals surface area contributed by atoms with Gasteiger partial charge in [0.05, 0.1) is 5.69 Å². The van der Waals surface area contributed by atoms with Gasteiger partial charge in [0.1, 0.15) is 0 Å². The molecule has 0 atom stereocenters. The van der Waals surface area contributed by atoms with Gasteiger partial charge in [-0.3, -0.25) is 4.79 Å². The third-order valence-electron chi connectivity index (χ3n) is 4.24. The second-order valence-electron chi connectivity index (χ2n) is 5.83. The van der Waals surface area contributed by atoms with Gasteiger partial charge in [0.2, 0.25) is 0 Å². The molecule has 3 rings (SSSR count). The minimum atomic E-state index is -0.536. The third-order valence-corrected chi connectivity index (χ3v) is 4.24. The van der Waals surface area contributed by atoms with Gasteiger partial charge in [-0.1, -0.05) is 24.6 Å². The van der Waals surface area contributed by atoms with Gasteiger partial charge in [-0.05, 0) is 37.8 Å². The van der Waals surface area contributed by atoms with E-state index in [9.17, 15) is 9.59 Å². The van der Waals surface area contributed by atoms with Gasteiger partial charge >= 0.3 is 5.97 Å². The molecule has 1 heterocycles. The fourth-order valence-corrected chi connectivity index (χ4v) is 2.99. The number of rotatable bonds is 4. The summed E-state index contributed by atoms with van der Waals surface area (Å²) < 4.78 is 6.95. The van der Waals surface area contributed by atoms with Crippen molar-refractivity contribution in [2.45, 2.75) is 32.1 Å². The number of likely N-dealkylation sites (N-methyl/N-ethyl adjacent to an activating group) is 1. The van der Waals surface area contributed by atoms with Gasteiger partial charge in [0, 0.05) is 18.3 Å². The molecule has 6 heteroatoms. The van der Waals surface area contributed by atoms with Crippen molar-refractivity contribution in [3.63, 3.8) is 0 Å². The molecule has 2 aromatic rings. The van der Waals surface area contributed by atoms with Gasteiger partial charge in [-0.25, -0.2) is 9.48 Å². The lowest BCUT2D eigenvalue weighted by Crippen LogP contribution is -2.25. The molecular formula is C18H21N3O3. The van der Waals surface area contributed by atoms with E-state index in [1.54, 1.807) is 0 Å². The number of para-hydroxylation sites is 1. The van der Waals surface area contributed by atoms with E-state index in [1.807, 2.05) is 35.0 Å². The summed E-state index contributed by atoms with van der Waals surface area (Å²) in [5, 5.41) is 6.95. The lowest BCUT2D eigenvalue weighted by molar-refractivity contribution is -0.123. The Morgan fingerprint density at radius 3 is 2.67 bits per heavy atom. The predicted molar refractivity (Wildman–Crippen MR) is 89.2 cm³/mol. The normalized spacial score (nSPS) is 13.7. The molecule has 0 saturated heterocycles. The lowest BCUT2D eigenvalue weighted by Gasteiger charge is -2.06. The smallest absolute Gasteiger partial charge is 0.359 e. The first kappa shape index (κ1) is 16.2. The van der Waals surface area contributed by atoms with Crippen molar-refractivity contribution in [3.05, 3.63) is 47.3 Å². The molecule has 1 aromatic carbocycles. The fourth-order valence-electron chi connectivity index (χ4n) is 2.99. The third kappa shape index (κ3) is 3.32. The summed E-state index contributed by atoms with van der Waals surface area (Å²) in [5.41, 5.74) is 3.30. The maximum atomic E-state index is 12.4. The van der Waals surface area contributed by atoms with E-state index in [0.717, 1.165) is 49.0 Å². The second kappa shape index (κ2) is 7.29. The van der Waals surface area contributed by atoms with Crippen LogP contribution in [0.1, 0.15) is 41.0 Å². The number of aromatic nitrogens is 2. The Labute approximate surface area is 140 Å². The number of hydrogen-bond donors (Lipinski definition) is 1. The number of carbonyl (C=O) groups excluding carboxylic acids is 2. The molecule has 0 fully saturated rings. The van der Waals surface area contributed by atoms with Crippen LogP contribution < -0.4 is 5.32 Å². The van der Waals surface area contributed by atoms with Crippen LogP contribution in [0.15, 0.2) is 30.3 Å². The Bertz CT molecular complexity index is 737. The lowest BCUT2D eigenvalue weighted by atomic mass is 10.1. The highest BCUT2D eigenvalue weighted by molar-refractivity contribution is 5.91. The van der Waals surface area contributed by atoms with E-state index in [4.69, 9.17) is 4.74 Å². The number of carbonyl (C=O) groups is 2. The van der Waals surface area contributed by atoms with Crippen LogP contribution in [0.3, 0.4) is 0 Å². The summed E-state index contributed by atoms with van der Waals surface area (Å²) in [5.74, 6) is -0.872. The standard InChI is InChI=1S/C18H21N3O3/c1-19-16(22)12-24-18(23)17-14-10-6-3-7-11-15(14)21(20-17)13-8-4-2-5-9-13/h2,4-5,8-9H,3,6-7,10-12H2,1H3,(H,19,22). The van der Waals surface area contributed by atoms with Crippen LogP contribution in [0.2, 0.25) is 0 Å². The molecule has 1 aliphatic rings. The van der Waals surface area contributed by atoms with Crippen molar-refractivity contribution in [1.82, 2.24) is 15.1 Å². The van der Waals surface area contributed by atoms with E-state index in [0.29, 0.717) is 5.69 Å². The van der Waals surface area contributed by atoms with Crippen molar-refractivity contribution in [1.29, 1.82) is 0 Å². The maximum absolute atomic E-state index is 12.4. The average molecular weight is 327 g/mol. The number of benzene rings is 1. The number of ether oxygens (including phenoxy) is 1. The molecule has 1 aliphatic carbocycles. The largest absolute Gasteiger partial charge is 0.451 e. The van der Waals surface area contributed by atoms with Crippen molar-refractivity contribution < 1.29 is 14.3 Å². The van der Waals surface area contributed by atoms with E-state index in [-0.39, 0.29) is 12.5 Å². The van der Waals surface area contributed by atoms with Gasteiger partial charge in [-0.2, -0.15) is 5.10 Å². The number of nitrogens with one attached hydrogen (secondary N) is 1. The summed E-state index contributed by atoms with van der Waals surface area (Å²) in [7, 11) is 1.51.